The molecule has 1 saturated carbocycles. The van der Waals surface area contributed by atoms with Crippen molar-refractivity contribution in [2.45, 2.75) is 32.2 Å². The van der Waals surface area contributed by atoms with Gasteiger partial charge in [-0.05, 0) is 55.2 Å². The van der Waals surface area contributed by atoms with Gasteiger partial charge in [0.1, 0.15) is 5.82 Å². The van der Waals surface area contributed by atoms with E-state index in [2.05, 4.69) is 28.6 Å². The molecular weight excluding hydrogens is 260 g/mol. The molecule has 0 bridgehead atoms. The van der Waals surface area contributed by atoms with Crippen LogP contribution in [-0.2, 0) is 6.54 Å². The van der Waals surface area contributed by atoms with E-state index in [4.69, 9.17) is 10.7 Å². The first-order chi connectivity index (χ1) is 10.2. The number of nitrogens with zero attached hydrogens (tertiary/aromatic N) is 3. The molecule has 4 rings (SSSR count). The lowest BCUT2D eigenvalue weighted by Crippen LogP contribution is -2.06. The van der Waals surface area contributed by atoms with Crippen LogP contribution in [0.3, 0.4) is 0 Å². The van der Waals surface area contributed by atoms with E-state index < -0.39 is 0 Å². The van der Waals surface area contributed by atoms with Gasteiger partial charge in [0.25, 0.3) is 0 Å². The number of pyridine rings is 1. The van der Waals surface area contributed by atoms with Gasteiger partial charge in [0.2, 0.25) is 0 Å². The zero-order valence-corrected chi connectivity index (χ0v) is 12.1. The number of fused-ring (bicyclic) bond motifs is 1. The monoisotopic (exact) mass is 278 g/mol. The maximum absolute atomic E-state index is 5.89. The van der Waals surface area contributed by atoms with Crippen LogP contribution >= 0.6 is 0 Å². The smallest absolute Gasteiger partial charge is 0.113 e. The van der Waals surface area contributed by atoms with Crippen molar-refractivity contribution in [3.63, 3.8) is 0 Å². The van der Waals surface area contributed by atoms with Gasteiger partial charge in [-0.3, -0.25) is 4.98 Å². The van der Waals surface area contributed by atoms with Crippen molar-refractivity contribution in [1.29, 1.82) is 0 Å². The number of nitrogens with two attached hydrogens (primary N) is 1. The fraction of sp³-hybridized carbons (Fsp3) is 0.294. The van der Waals surface area contributed by atoms with Crippen LogP contribution in [-0.4, -0.2) is 14.5 Å². The first-order valence-corrected chi connectivity index (χ1v) is 7.37. The van der Waals surface area contributed by atoms with Crippen LogP contribution in [0.4, 0.5) is 5.69 Å². The quantitative estimate of drug-likeness (QED) is 0.748. The summed E-state index contributed by atoms with van der Waals surface area (Å²) in [5.74, 6) is 1.80. The number of rotatable bonds is 3. The number of imidazole rings is 1. The number of nitrogen functional groups attached to an aromatic ring is 1. The highest BCUT2D eigenvalue weighted by Gasteiger charge is 2.29. The van der Waals surface area contributed by atoms with Crippen LogP contribution in [0.2, 0.25) is 0 Å². The molecule has 0 aliphatic heterocycles. The molecule has 106 valence electrons. The highest BCUT2D eigenvalue weighted by Crippen LogP contribution is 2.41. The summed E-state index contributed by atoms with van der Waals surface area (Å²) in [6.45, 7) is 2.96. The van der Waals surface area contributed by atoms with Gasteiger partial charge < -0.3 is 10.3 Å². The van der Waals surface area contributed by atoms with E-state index in [0.29, 0.717) is 5.92 Å². The fourth-order valence-corrected chi connectivity index (χ4v) is 2.82. The molecule has 1 fully saturated rings. The summed E-state index contributed by atoms with van der Waals surface area (Å²) in [4.78, 5) is 9.08. The molecule has 1 aliphatic carbocycles. The second-order valence-electron chi connectivity index (χ2n) is 5.88. The van der Waals surface area contributed by atoms with Gasteiger partial charge in [-0.15, -0.1) is 0 Å². The minimum absolute atomic E-state index is 0.607. The predicted molar refractivity (Wildman–Crippen MR) is 84.2 cm³/mol. The third kappa shape index (κ3) is 2.17. The normalized spacial score (nSPS) is 14.7. The van der Waals surface area contributed by atoms with Crippen molar-refractivity contribution in [2.75, 3.05) is 5.73 Å². The predicted octanol–water partition coefficient (Wildman–Crippen LogP) is 3.25. The molecule has 1 aromatic carbocycles. The van der Waals surface area contributed by atoms with Crippen molar-refractivity contribution < 1.29 is 0 Å². The van der Waals surface area contributed by atoms with Crippen molar-refractivity contribution in [1.82, 2.24) is 14.5 Å². The molecule has 21 heavy (non-hydrogen) atoms. The highest BCUT2D eigenvalue weighted by atomic mass is 15.1. The molecule has 0 amide bonds. The third-order valence-corrected chi connectivity index (χ3v) is 4.22. The lowest BCUT2D eigenvalue weighted by atomic mass is 10.1. The molecule has 2 N–H and O–H groups in total. The molecule has 0 saturated heterocycles. The van der Waals surface area contributed by atoms with Crippen LogP contribution in [0.1, 0.15) is 35.7 Å². The first kappa shape index (κ1) is 12.4. The van der Waals surface area contributed by atoms with Crippen LogP contribution < -0.4 is 5.73 Å². The van der Waals surface area contributed by atoms with E-state index in [-0.39, 0.29) is 0 Å². The lowest BCUT2D eigenvalue weighted by Gasteiger charge is -2.10. The Kier molecular flexibility index (Phi) is 2.70. The minimum Gasteiger partial charge on any atom is -0.399 e. The average Bonchev–Trinajstić information content (AvgIpc) is 3.25. The number of benzene rings is 1. The second kappa shape index (κ2) is 4.58. The standard InChI is InChI=1S/C17H18N4/c1-11-6-7-19-9-13(11)10-21-16-5-4-14(18)8-15(16)20-17(21)12-2-3-12/h4-9,12H,2-3,10,18H2,1H3. The zero-order valence-electron chi connectivity index (χ0n) is 12.1. The van der Waals surface area contributed by atoms with E-state index in [1.165, 1.54) is 29.8 Å². The molecule has 4 heteroatoms. The molecular formula is C17H18N4. The Balaban J connectivity index is 1.86. The Morgan fingerprint density at radius 2 is 2.14 bits per heavy atom. The van der Waals surface area contributed by atoms with Crippen molar-refractivity contribution in [3.8, 4) is 0 Å². The van der Waals surface area contributed by atoms with E-state index in [1.807, 2.05) is 24.5 Å². The van der Waals surface area contributed by atoms with Gasteiger partial charge >= 0.3 is 0 Å². The second-order valence-corrected chi connectivity index (χ2v) is 5.88. The van der Waals surface area contributed by atoms with Crippen molar-refractivity contribution in [2.24, 2.45) is 0 Å². The van der Waals surface area contributed by atoms with E-state index in [0.717, 1.165) is 23.3 Å². The largest absolute Gasteiger partial charge is 0.399 e. The van der Waals surface area contributed by atoms with Crippen LogP contribution in [0.5, 0.6) is 0 Å². The van der Waals surface area contributed by atoms with Gasteiger partial charge in [-0.25, -0.2) is 4.98 Å². The molecule has 4 nitrogen and oxygen atoms in total. The molecule has 3 aromatic rings. The molecule has 0 radical (unpaired) electrons. The Hall–Kier alpha value is -2.36. The number of aromatic nitrogens is 3. The minimum atomic E-state index is 0.607. The number of hydrogen-bond acceptors (Lipinski definition) is 3. The van der Waals surface area contributed by atoms with E-state index >= 15 is 0 Å². The first-order valence-electron chi connectivity index (χ1n) is 7.37. The Morgan fingerprint density at radius 1 is 1.29 bits per heavy atom. The maximum Gasteiger partial charge on any atom is 0.113 e. The summed E-state index contributed by atoms with van der Waals surface area (Å²) < 4.78 is 2.33. The summed E-state index contributed by atoms with van der Waals surface area (Å²) >= 11 is 0. The Labute approximate surface area is 123 Å². The Bertz CT molecular complexity index is 815. The van der Waals surface area contributed by atoms with Gasteiger partial charge in [0.15, 0.2) is 0 Å². The van der Waals surface area contributed by atoms with Gasteiger partial charge in [0, 0.05) is 24.0 Å². The summed E-state index contributed by atoms with van der Waals surface area (Å²) in [5, 5.41) is 0. The Morgan fingerprint density at radius 3 is 2.90 bits per heavy atom. The number of anilines is 1. The SMILES string of the molecule is Cc1ccncc1Cn1c(C2CC2)nc2cc(N)ccc21. The maximum atomic E-state index is 5.89. The third-order valence-electron chi connectivity index (χ3n) is 4.22. The van der Waals surface area contributed by atoms with Crippen molar-refractivity contribution in [3.05, 3.63) is 53.6 Å². The highest BCUT2D eigenvalue weighted by molar-refractivity contribution is 5.80. The van der Waals surface area contributed by atoms with Crippen molar-refractivity contribution >= 4 is 16.7 Å². The summed E-state index contributed by atoms with van der Waals surface area (Å²) in [5.41, 5.74) is 11.3. The van der Waals surface area contributed by atoms with Gasteiger partial charge in [-0.1, -0.05) is 0 Å². The fourth-order valence-electron chi connectivity index (χ4n) is 2.82. The van der Waals surface area contributed by atoms with Crippen LogP contribution in [0.15, 0.2) is 36.7 Å². The average molecular weight is 278 g/mol. The molecule has 1 aliphatic rings. The molecule has 0 atom stereocenters. The zero-order chi connectivity index (χ0) is 14.4. The summed E-state index contributed by atoms with van der Waals surface area (Å²) in [6, 6.07) is 8.06. The summed E-state index contributed by atoms with van der Waals surface area (Å²) in [7, 11) is 0. The van der Waals surface area contributed by atoms with Gasteiger partial charge in [-0.2, -0.15) is 0 Å². The lowest BCUT2D eigenvalue weighted by molar-refractivity contribution is 0.741. The van der Waals surface area contributed by atoms with Crippen LogP contribution in [0.25, 0.3) is 11.0 Å². The summed E-state index contributed by atoms with van der Waals surface area (Å²) in [6.07, 6.45) is 6.28. The van der Waals surface area contributed by atoms with E-state index in [1.54, 1.807) is 0 Å². The van der Waals surface area contributed by atoms with Gasteiger partial charge in [0.05, 0.1) is 17.6 Å². The molecule has 2 heterocycles. The topological polar surface area (TPSA) is 56.7 Å². The number of hydrogen-bond donors (Lipinski definition) is 1. The van der Waals surface area contributed by atoms with E-state index in [9.17, 15) is 0 Å². The van der Waals surface area contributed by atoms with Crippen LogP contribution in [0, 0.1) is 6.92 Å². The molecule has 0 spiro atoms. The molecule has 2 aromatic heterocycles. The number of aryl methyl sites for hydroxylation is 1. The molecule has 0 unspecified atom stereocenters.